The second-order valence-corrected chi connectivity index (χ2v) is 6.77. The van der Waals surface area contributed by atoms with Crippen LogP contribution < -0.4 is 0 Å². The molecule has 1 aliphatic heterocycles. The summed E-state index contributed by atoms with van der Waals surface area (Å²) in [7, 11) is 0. The van der Waals surface area contributed by atoms with Crippen LogP contribution in [-0.4, -0.2) is 48.4 Å². The van der Waals surface area contributed by atoms with E-state index >= 15 is 0 Å². The molecule has 3 rings (SSSR count). The zero-order chi connectivity index (χ0) is 14.1. The molecule has 1 aromatic carbocycles. The minimum atomic E-state index is 0.159. The molecule has 0 spiro atoms. The molecule has 1 heterocycles. The van der Waals surface area contributed by atoms with Crippen LogP contribution in [0.4, 0.5) is 0 Å². The molecular weight excluding hydrogens is 316 g/mol. The number of rotatable bonds is 3. The van der Waals surface area contributed by atoms with Crippen molar-refractivity contribution >= 4 is 21.8 Å². The molecule has 1 aliphatic carbocycles. The van der Waals surface area contributed by atoms with Gasteiger partial charge < -0.3 is 4.90 Å². The quantitative estimate of drug-likeness (QED) is 0.847. The Balaban J connectivity index is 1.62. The molecule has 1 saturated carbocycles. The van der Waals surface area contributed by atoms with Crippen LogP contribution in [0.2, 0.25) is 0 Å². The van der Waals surface area contributed by atoms with E-state index in [0.717, 1.165) is 47.7 Å². The Labute approximate surface area is 129 Å². The molecule has 20 heavy (non-hydrogen) atoms. The van der Waals surface area contributed by atoms with E-state index in [9.17, 15) is 4.79 Å². The normalized spacial score (nSPS) is 20.2. The summed E-state index contributed by atoms with van der Waals surface area (Å²) in [5.41, 5.74) is 1.91. The monoisotopic (exact) mass is 336 g/mol. The maximum absolute atomic E-state index is 12.6. The van der Waals surface area contributed by atoms with Gasteiger partial charge in [0.2, 0.25) is 0 Å². The van der Waals surface area contributed by atoms with Crippen molar-refractivity contribution in [3.05, 3.63) is 33.8 Å². The average Bonchev–Trinajstić information content (AvgIpc) is 3.26. The molecule has 4 heteroatoms. The molecule has 3 nitrogen and oxygen atoms in total. The van der Waals surface area contributed by atoms with Gasteiger partial charge in [0, 0.05) is 37.2 Å². The third-order valence-electron chi connectivity index (χ3n) is 4.30. The maximum Gasteiger partial charge on any atom is 0.255 e. The first kappa shape index (κ1) is 14.1. The van der Waals surface area contributed by atoms with Crippen LogP contribution >= 0.6 is 15.9 Å². The number of benzene rings is 1. The lowest BCUT2D eigenvalue weighted by atomic mass is 10.1. The van der Waals surface area contributed by atoms with Crippen molar-refractivity contribution in [1.82, 2.24) is 9.80 Å². The summed E-state index contributed by atoms with van der Waals surface area (Å²) in [5.74, 6) is 1.09. The Morgan fingerprint density at radius 3 is 2.60 bits per heavy atom. The minimum absolute atomic E-state index is 0.159. The fourth-order valence-corrected chi connectivity index (χ4v) is 3.22. The number of nitrogens with zero attached hydrogens (tertiary/aromatic N) is 2. The van der Waals surface area contributed by atoms with Crippen LogP contribution in [0, 0.1) is 12.8 Å². The summed E-state index contributed by atoms with van der Waals surface area (Å²) < 4.78 is 0.936. The van der Waals surface area contributed by atoms with Crippen molar-refractivity contribution in [3.8, 4) is 0 Å². The molecule has 0 bridgehead atoms. The second-order valence-electron chi connectivity index (χ2n) is 5.97. The summed E-state index contributed by atoms with van der Waals surface area (Å²) in [6, 6.07) is 5.89. The van der Waals surface area contributed by atoms with E-state index in [4.69, 9.17) is 0 Å². The highest BCUT2D eigenvalue weighted by Crippen LogP contribution is 2.30. The summed E-state index contributed by atoms with van der Waals surface area (Å²) >= 11 is 3.54. The third kappa shape index (κ3) is 3.07. The Bertz CT molecular complexity index is 505. The highest BCUT2D eigenvalue weighted by atomic mass is 79.9. The van der Waals surface area contributed by atoms with Crippen molar-refractivity contribution in [2.45, 2.75) is 19.8 Å². The fourth-order valence-electron chi connectivity index (χ4n) is 2.78. The van der Waals surface area contributed by atoms with Gasteiger partial charge >= 0.3 is 0 Å². The Hall–Kier alpha value is -0.870. The van der Waals surface area contributed by atoms with E-state index < -0.39 is 0 Å². The molecule has 2 aliphatic rings. The minimum Gasteiger partial charge on any atom is -0.336 e. The number of hydrogen-bond acceptors (Lipinski definition) is 2. The van der Waals surface area contributed by atoms with Gasteiger partial charge in [-0.15, -0.1) is 0 Å². The number of aryl methyl sites for hydroxylation is 1. The van der Waals surface area contributed by atoms with Gasteiger partial charge in [0.15, 0.2) is 0 Å². The van der Waals surface area contributed by atoms with Crippen molar-refractivity contribution in [3.63, 3.8) is 0 Å². The molecule has 0 aromatic heterocycles. The predicted molar refractivity (Wildman–Crippen MR) is 83.9 cm³/mol. The van der Waals surface area contributed by atoms with Gasteiger partial charge in [-0.05, 0) is 53.2 Å². The first-order chi connectivity index (χ1) is 9.65. The molecule has 0 unspecified atom stereocenters. The van der Waals surface area contributed by atoms with Crippen molar-refractivity contribution < 1.29 is 4.79 Å². The Morgan fingerprint density at radius 1 is 1.25 bits per heavy atom. The summed E-state index contributed by atoms with van der Waals surface area (Å²) in [6.45, 7) is 7.00. The standard InChI is InChI=1S/C16H21BrN2O/c1-12-3-2-4-14(15(12)17)16(20)19-9-7-18(8-10-19)11-13-5-6-13/h2-4,13H,5-11H2,1H3. The van der Waals surface area contributed by atoms with Crippen molar-refractivity contribution in [2.24, 2.45) is 5.92 Å². The van der Waals surface area contributed by atoms with Crippen LogP contribution in [0.5, 0.6) is 0 Å². The van der Waals surface area contributed by atoms with Gasteiger partial charge in [0.25, 0.3) is 5.91 Å². The third-order valence-corrected chi connectivity index (χ3v) is 5.35. The van der Waals surface area contributed by atoms with Gasteiger partial charge in [0.05, 0.1) is 5.56 Å². The molecule has 0 atom stereocenters. The van der Waals surface area contributed by atoms with E-state index in [1.54, 1.807) is 0 Å². The second kappa shape index (κ2) is 5.86. The van der Waals surface area contributed by atoms with Crippen molar-refractivity contribution in [2.75, 3.05) is 32.7 Å². The number of piperazine rings is 1. The van der Waals surface area contributed by atoms with Crippen LogP contribution in [0.1, 0.15) is 28.8 Å². The summed E-state index contributed by atoms with van der Waals surface area (Å²) in [4.78, 5) is 17.1. The van der Waals surface area contributed by atoms with Crippen LogP contribution in [0.3, 0.4) is 0 Å². The van der Waals surface area contributed by atoms with E-state index in [1.165, 1.54) is 19.4 Å². The summed E-state index contributed by atoms with van der Waals surface area (Å²) in [5, 5.41) is 0. The van der Waals surface area contributed by atoms with Crippen LogP contribution in [0.15, 0.2) is 22.7 Å². The number of carbonyl (C=O) groups excluding carboxylic acids is 1. The molecule has 1 aromatic rings. The summed E-state index contributed by atoms with van der Waals surface area (Å²) in [6.07, 6.45) is 2.80. The van der Waals surface area contributed by atoms with Gasteiger partial charge in [-0.25, -0.2) is 0 Å². The molecular formula is C16H21BrN2O. The predicted octanol–water partition coefficient (Wildman–Crippen LogP) is 2.93. The van der Waals surface area contributed by atoms with E-state index in [-0.39, 0.29) is 5.91 Å². The highest BCUT2D eigenvalue weighted by Gasteiger charge is 2.28. The first-order valence-electron chi connectivity index (χ1n) is 7.42. The Kier molecular flexibility index (Phi) is 4.13. The average molecular weight is 337 g/mol. The number of amides is 1. The van der Waals surface area contributed by atoms with Gasteiger partial charge in [-0.2, -0.15) is 0 Å². The van der Waals surface area contributed by atoms with Crippen LogP contribution in [-0.2, 0) is 0 Å². The van der Waals surface area contributed by atoms with Gasteiger partial charge in [0.1, 0.15) is 0 Å². The number of carbonyl (C=O) groups is 1. The number of halogens is 1. The molecule has 1 saturated heterocycles. The highest BCUT2D eigenvalue weighted by molar-refractivity contribution is 9.10. The van der Waals surface area contributed by atoms with Crippen molar-refractivity contribution in [1.29, 1.82) is 0 Å². The smallest absolute Gasteiger partial charge is 0.255 e. The lowest BCUT2D eigenvalue weighted by Crippen LogP contribution is -2.49. The van der Waals surface area contributed by atoms with Gasteiger partial charge in [-0.1, -0.05) is 12.1 Å². The first-order valence-corrected chi connectivity index (χ1v) is 8.21. The topological polar surface area (TPSA) is 23.6 Å². The Morgan fingerprint density at radius 2 is 1.95 bits per heavy atom. The SMILES string of the molecule is Cc1cccc(C(=O)N2CCN(CC3CC3)CC2)c1Br. The molecule has 1 amide bonds. The zero-order valence-electron chi connectivity index (χ0n) is 11.9. The fraction of sp³-hybridized carbons (Fsp3) is 0.562. The van der Waals surface area contributed by atoms with Gasteiger partial charge in [-0.3, -0.25) is 9.69 Å². The van der Waals surface area contributed by atoms with E-state index in [2.05, 4.69) is 20.8 Å². The van der Waals surface area contributed by atoms with E-state index in [0.29, 0.717) is 0 Å². The lowest BCUT2D eigenvalue weighted by molar-refractivity contribution is 0.0631. The lowest BCUT2D eigenvalue weighted by Gasteiger charge is -2.35. The molecule has 0 N–H and O–H groups in total. The van der Waals surface area contributed by atoms with Crippen LogP contribution in [0.25, 0.3) is 0 Å². The largest absolute Gasteiger partial charge is 0.336 e. The van der Waals surface area contributed by atoms with E-state index in [1.807, 2.05) is 30.0 Å². The number of hydrogen-bond donors (Lipinski definition) is 0. The molecule has 2 fully saturated rings. The molecule has 108 valence electrons. The molecule has 0 radical (unpaired) electrons. The maximum atomic E-state index is 12.6. The zero-order valence-corrected chi connectivity index (χ0v) is 13.5.